The van der Waals surface area contributed by atoms with Gasteiger partial charge in [0.05, 0.1) is 11.7 Å². The number of fused-ring (bicyclic) bond motifs is 2. The van der Waals surface area contributed by atoms with E-state index in [9.17, 15) is 0 Å². The lowest BCUT2D eigenvalue weighted by atomic mass is 9.87. The third kappa shape index (κ3) is 2.77. The molecule has 1 atom stereocenters. The highest BCUT2D eigenvalue weighted by atomic mass is 15.5. The first kappa shape index (κ1) is 15.6. The molecule has 2 N–H and O–H groups in total. The van der Waals surface area contributed by atoms with Gasteiger partial charge in [0.1, 0.15) is 0 Å². The summed E-state index contributed by atoms with van der Waals surface area (Å²) in [7, 11) is 0. The molecule has 4 heteroatoms. The maximum Gasteiger partial charge on any atom is 0.0582 e. The van der Waals surface area contributed by atoms with Gasteiger partial charge >= 0.3 is 0 Å². The van der Waals surface area contributed by atoms with Crippen LogP contribution in [0.4, 0.5) is 5.69 Å². The molecule has 0 saturated carbocycles. The summed E-state index contributed by atoms with van der Waals surface area (Å²) in [6.07, 6.45) is 4.75. The van der Waals surface area contributed by atoms with E-state index in [2.05, 4.69) is 63.2 Å². The molecule has 4 nitrogen and oxygen atoms in total. The molecule has 0 spiro atoms. The molecule has 0 fully saturated rings. The van der Waals surface area contributed by atoms with Gasteiger partial charge in [-0.25, -0.2) is 5.01 Å². The monoisotopic (exact) mass is 342 g/mol. The van der Waals surface area contributed by atoms with Gasteiger partial charge in [-0.05, 0) is 46.4 Å². The standard InChI is InChI=1S/C22H22N4/c1-2-6-19-16(4-1)8-13-24-22(19)20-7-3-5-17-14-26(15-21(17)20)25-18-9-11-23-12-10-18/h1-7,9-12,22,24H,8,13-15H2,(H,23,25). The van der Waals surface area contributed by atoms with Crippen molar-refractivity contribution in [3.05, 3.63) is 94.8 Å². The van der Waals surface area contributed by atoms with Gasteiger partial charge in [-0.15, -0.1) is 0 Å². The summed E-state index contributed by atoms with van der Waals surface area (Å²) in [4.78, 5) is 4.09. The molecule has 2 aliphatic rings. The van der Waals surface area contributed by atoms with Crippen LogP contribution in [-0.4, -0.2) is 16.5 Å². The maximum atomic E-state index is 4.09. The van der Waals surface area contributed by atoms with E-state index in [0.717, 1.165) is 31.7 Å². The highest BCUT2D eigenvalue weighted by Crippen LogP contribution is 2.35. The number of benzene rings is 2. The number of nitrogens with zero attached hydrogens (tertiary/aromatic N) is 2. The molecule has 26 heavy (non-hydrogen) atoms. The van der Waals surface area contributed by atoms with Crippen molar-refractivity contribution in [3.8, 4) is 0 Å². The Morgan fingerprint density at radius 3 is 2.62 bits per heavy atom. The molecule has 0 aliphatic carbocycles. The Labute approximate surface area is 153 Å². The van der Waals surface area contributed by atoms with Crippen LogP contribution in [0.2, 0.25) is 0 Å². The minimum atomic E-state index is 0.288. The van der Waals surface area contributed by atoms with Crippen molar-refractivity contribution in [1.82, 2.24) is 15.3 Å². The lowest BCUT2D eigenvalue weighted by Gasteiger charge is -2.29. The third-order valence-electron chi connectivity index (χ3n) is 5.41. The van der Waals surface area contributed by atoms with Gasteiger partial charge in [-0.3, -0.25) is 4.98 Å². The van der Waals surface area contributed by atoms with Crippen molar-refractivity contribution < 1.29 is 0 Å². The highest BCUT2D eigenvalue weighted by molar-refractivity contribution is 5.48. The fraction of sp³-hybridized carbons (Fsp3) is 0.227. The van der Waals surface area contributed by atoms with Crippen LogP contribution < -0.4 is 10.7 Å². The molecule has 0 saturated heterocycles. The Morgan fingerprint density at radius 2 is 1.69 bits per heavy atom. The van der Waals surface area contributed by atoms with E-state index in [-0.39, 0.29) is 6.04 Å². The van der Waals surface area contributed by atoms with E-state index >= 15 is 0 Å². The minimum Gasteiger partial charge on any atom is -0.318 e. The second-order valence-electron chi connectivity index (χ2n) is 7.02. The largest absolute Gasteiger partial charge is 0.318 e. The second-order valence-corrected chi connectivity index (χ2v) is 7.02. The Hall–Kier alpha value is -2.69. The number of hydrazine groups is 1. The van der Waals surface area contributed by atoms with Gasteiger partial charge in [0.25, 0.3) is 0 Å². The van der Waals surface area contributed by atoms with Crippen LogP contribution in [0.1, 0.15) is 33.9 Å². The van der Waals surface area contributed by atoms with Gasteiger partial charge in [0.15, 0.2) is 0 Å². The molecule has 2 aliphatic heterocycles. The summed E-state index contributed by atoms with van der Waals surface area (Å²) >= 11 is 0. The molecule has 3 heterocycles. The molecule has 1 unspecified atom stereocenters. The summed E-state index contributed by atoms with van der Waals surface area (Å²) in [5.74, 6) is 0. The first-order chi connectivity index (χ1) is 12.9. The van der Waals surface area contributed by atoms with Crippen molar-refractivity contribution in [2.75, 3.05) is 12.0 Å². The van der Waals surface area contributed by atoms with E-state index in [0.29, 0.717) is 0 Å². The summed E-state index contributed by atoms with van der Waals surface area (Å²) in [5.41, 5.74) is 11.8. The number of pyridine rings is 1. The predicted octanol–water partition coefficient (Wildman–Crippen LogP) is 3.66. The van der Waals surface area contributed by atoms with Crippen LogP contribution in [0.5, 0.6) is 0 Å². The Kier molecular flexibility index (Phi) is 3.92. The van der Waals surface area contributed by atoms with E-state index in [1.54, 1.807) is 0 Å². The van der Waals surface area contributed by atoms with Crippen molar-refractivity contribution in [2.45, 2.75) is 25.6 Å². The SMILES string of the molecule is c1ccc2c(c1)CCNC2c1cccc2c1CN(Nc1ccncc1)C2. The Balaban J connectivity index is 1.45. The van der Waals surface area contributed by atoms with Crippen molar-refractivity contribution in [2.24, 2.45) is 0 Å². The molecular weight excluding hydrogens is 320 g/mol. The van der Waals surface area contributed by atoms with Crippen LogP contribution in [0.25, 0.3) is 0 Å². The first-order valence-corrected chi connectivity index (χ1v) is 9.22. The summed E-state index contributed by atoms with van der Waals surface area (Å²) in [6.45, 7) is 2.86. The number of aromatic nitrogens is 1. The smallest absolute Gasteiger partial charge is 0.0582 e. The molecule has 0 bridgehead atoms. The van der Waals surface area contributed by atoms with Crippen molar-refractivity contribution in [1.29, 1.82) is 0 Å². The van der Waals surface area contributed by atoms with E-state index in [1.807, 2.05) is 24.5 Å². The fourth-order valence-corrected chi connectivity index (χ4v) is 4.19. The number of hydrogen-bond acceptors (Lipinski definition) is 4. The van der Waals surface area contributed by atoms with Crippen LogP contribution in [0.15, 0.2) is 67.0 Å². The van der Waals surface area contributed by atoms with Crippen LogP contribution in [0.3, 0.4) is 0 Å². The maximum absolute atomic E-state index is 4.09. The zero-order valence-electron chi connectivity index (χ0n) is 14.7. The Bertz CT molecular complexity index is 922. The van der Waals surface area contributed by atoms with Crippen LogP contribution in [-0.2, 0) is 19.5 Å². The predicted molar refractivity (Wildman–Crippen MR) is 104 cm³/mol. The normalized spacial score (nSPS) is 19.0. The van der Waals surface area contributed by atoms with Crippen molar-refractivity contribution in [3.63, 3.8) is 0 Å². The lowest BCUT2D eigenvalue weighted by Crippen LogP contribution is -2.31. The van der Waals surface area contributed by atoms with E-state index in [1.165, 1.54) is 27.8 Å². The topological polar surface area (TPSA) is 40.2 Å². The molecule has 5 rings (SSSR count). The zero-order chi connectivity index (χ0) is 17.3. The number of anilines is 1. The molecule has 3 aromatic rings. The number of rotatable bonds is 3. The van der Waals surface area contributed by atoms with Gasteiger partial charge in [-0.2, -0.15) is 0 Å². The average molecular weight is 342 g/mol. The van der Waals surface area contributed by atoms with Gasteiger partial charge in [0, 0.05) is 32.0 Å². The second kappa shape index (κ2) is 6.56. The number of hydrogen-bond donors (Lipinski definition) is 2. The Morgan fingerprint density at radius 1 is 0.885 bits per heavy atom. The van der Waals surface area contributed by atoms with Crippen molar-refractivity contribution >= 4 is 5.69 Å². The summed E-state index contributed by atoms with van der Waals surface area (Å²) in [5, 5.41) is 6.01. The minimum absolute atomic E-state index is 0.288. The van der Waals surface area contributed by atoms with Gasteiger partial charge in [0.2, 0.25) is 0 Å². The number of nitrogens with one attached hydrogen (secondary N) is 2. The summed E-state index contributed by atoms with van der Waals surface area (Å²) in [6, 6.07) is 19.9. The van der Waals surface area contributed by atoms with E-state index < -0.39 is 0 Å². The quantitative estimate of drug-likeness (QED) is 0.762. The van der Waals surface area contributed by atoms with Crippen LogP contribution >= 0.6 is 0 Å². The lowest BCUT2D eigenvalue weighted by molar-refractivity contribution is 0.346. The molecular formula is C22H22N4. The average Bonchev–Trinajstić information content (AvgIpc) is 3.11. The first-order valence-electron chi connectivity index (χ1n) is 9.22. The third-order valence-corrected chi connectivity index (χ3v) is 5.41. The molecule has 0 amide bonds. The zero-order valence-corrected chi connectivity index (χ0v) is 14.7. The van der Waals surface area contributed by atoms with Gasteiger partial charge < -0.3 is 10.7 Å². The molecule has 130 valence electrons. The molecule has 2 aromatic carbocycles. The van der Waals surface area contributed by atoms with E-state index in [4.69, 9.17) is 0 Å². The molecule has 0 radical (unpaired) electrons. The van der Waals surface area contributed by atoms with Gasteiger partial charge in [-0.1, -0.05) is 42.5 Å². The molecule has 1 aromatic heterocycles. The highest BCUT2D eigenvalue weighted by Gasteiger charge is 2.28. The van der Waals surface area contributed by atoms with Crippen LogP contribution in [0, 0.1) is 0 Å². The fourth-order valence-electron chi connectivity index (χ4n) is 4.19. The summed E-state index contributed by atoms with van der Waals surface area (Å²) < 4.78 is 0.